The summed E-state index contributed by atoms with van der Waals surface area (Å²) < 4.78 is 13.4. The second-order valence-corrected chi connectivity index (χ2v) is 5.43. The zero-order chi connectivity index (χ0) is 15.4. The Kier molecular flexibility index (Phi) is 5.33. The number of piperazine rings is 1. The van der Waals surface area contributed by atoms with Crippen molar-refractivity contribution in [3.63, 3.8) is 0 Å². The van der Waals surface area contributed by atoms with E-state index in [1.165, 1.54) is 6.07 Å². The number of nitro benzene ring substituents is 1. The minimum atomic E-state index is -0.775. The van der Waals surface area contributed by atoms with E-state index in [-0.39, 0.29) is 10.7 Å². The second kappa shape index (κ2) is 7.02. The number of nitro groups is 1. The number of likely N-dealkylation sites (N-methyl/N-ethyl adjacent to an activating group) is 1. The van der Waals surface area contributed by atoms with E-state index in [0.29, 0.717) is 12.2 Å². The molecule has 1 aromatic rings. The monoisotopic (exact) mass is 316 g/mol. The van der Waals surface area contributed by atoms with Gasteiger partial charge < -0.3 is 10.2 Å². The van der Waals surface area contributed by atoms with Crippen LogP contribution in [0, 0.1) is 15.9 Å². The van der Waals surface area contributed by atoms with Crippen molar-refractivity contribution < 1.29 is 9.31 Å². The fourth-order valence-corrected chi connectivity index (χ4v) is 2.48. The van der Waals surface area contributed by atoms with Crippen molar-refractivity contribution in [2.45, 2.75) is 0 Å². The topological polar surface area (TPSA) is 61.6 Å². The molecule has 0 saturated carbocycles. The van der Waals surface area contributed by atoms with E-state index >= 15 is 0 Å². The van der Waals surface area contributed by atoms with Crippen LogP contribution in [0.3, 0.4) is 0 Å². The highest BCUT2D eigenvalue weighted by Gasteiger charge is 2.21. The van der Waals surface area contributed by atoms with Crippen LogP contribution < -0.4 is 10.2 Å². The summed E-state index contributed by atoms with van der Waals surface area (Å²) in [6.07, 6.45) is 0. The van der Waals surface area contributed by atoms with Crippen molar-refractivity contribution in [3.05, 3.63) is 33.1 Å². The Labute approximate surface area is 127 Å². The summed E-state index contributed by atoms with van der Waals surface area (Å²) in [6, 6.07) is 2.19. The predicted octanol–water partition coefficient (Wildman–Crippen LogP) is 1.73. The summed E-state index contributed by atoms with van der Waals surface area (Å²) in [5.74, 6) is -0.775. The van der Waals surface area contributed by atoms with Gasteiger partial charge in [0.15, 0.2) is 0 Å². The van der Waals surface area contributed by atoms with Gasteiger partial charge in [-0.25, -0.2) is 4.39 Å². The Hall–Kier alpha value is -1.44. The lowest BCUT2D eigenvalue weighted by Crippen LogP contribution is -2.46. The zero-order valence-electron chi connectivity index (χ0n) is 11.8. The number of nitrogens with zero attached hydrogens (tertiary/aromatic N) is 3. The van der Waals surface area contributed by atoms with Crippen molar-refractivity contribution >= 4 is 23.0 Å². The average molecular weight is 317 g/mol. The molecule has 0 unspecified atom stereocenters. The van der Waals surface area contributed by atoms with E-state index in [9.17, 15) is 14.5 Å². The van der Waals surface area contributed by atoms with E-state index in [0.717, 1.165) is 38.8 Å². The van der Waals surface area contributed by atoms with E-state index < -0.39 is 10.7 Å². The molecule has 1 aliphatic heterocycles. The quantitative estimate of drug-likeness (QED) is 0.662. The summed E-state index contributed by atoms with van der Waals surface area (Å²) in [7, 11) is 1.75. The van der Waals surface area contributed by atoms with Crippen molar-refractivity contribution in [1.29, 1.82) is 0 Å². The SMILES string of the molecule is CN(CCN1CCNCC1)c1cc(Cl)c(F)cc1[N+](=O)[O-]. The molecule has 0 bridgehead atoms. The molecule has 2 rings (SSSR count). The maximum absolute atomic E-state index is 13.4. The van der Waals surface area contributed by atoms with Crippen molar-refractivity contribution in [2.24, 2.45) is 0 Å². The highest BCUT2D eigenvalue weighted by Crippen LogP contribution is 2.32. The van der Waals surface area contributed by atoms with Crippen LogP contribution in [-0.2, 0) is 0 Å². The molecule has 0 radical (unpaired) electrons. The van der Waals surface area contributed by atoms with E-state index in [2.05, 4.69) is 10.2 Å². The third kappa shape index (κ3) is 4.03. The normalized spacial score (nSPS) is 16.0. The van der Waals surface area contributed by atoms with Crippen LogP contribution in [0.15, 0.2) is 12.1 Å². The van der Waals surface area contributed by atoms with E-state index in [1.54, 1.807) is 11.9 Å². The van der Waals surface area contributed by atoms with Gasteiger partial charge in [0.2, 0.25) is 0 Å². The van der Waals surface area contributed by atoms with Gasteiger partial charge in [-0.05, 0) is 6.07 Å². The molecule has 0 atom stereocenters. The molecule has 21 heavy (non-hydrogen) atoms. The van der Waals surface area contributed by atoms with Crippen LogP contribution in [0.2, 0.25) is 5.02 Å². The largest absolute Gasteiger partial charge is 0.368 e. The molecule has 1 aromatic carbocycles. The molecule has 1 fully saturated rings. The van der Waals surface area contributed by atoms with E-state index in [1.807, 2.05) is 0 Å². The fourth-order valence-electron chi connectivity index (χ4n) is 2.32. The minimum Gasteiger partial charge on any atom is -0.368 e. The zero-order valence-corrected chi connectivity index (χ0v) is 12.6. The first-order chi connectivity index (χ1) is 9.99. The summed E-state index contributed by atoms with van der Waals surface area (Å²) in [5, 5.41) is 14.2. The van der Waals surface area contributed by atoms with Crippen LogP contribution in [0.25, 0.3) is 0 Å². The standard InChI is InChI=1S/C13H18ClFN4O2/c1-17(6-7-18-4-2-16-3-5-18)12-8-10(14)11(15)9-13(12)19(20)21/h8-9,16H,2-7H2,1H3. The van der Waals surface area contributed by atoms with Gasteiger partial charge >= 0.3 is 0 Å². The minimum absolute atomic E-state index is 0.107. The van der Waals surface area contributed by atoms with Crippen molar-refractivity contribution in [3.8, 4) is 0 Å². The van der Waals surface area contributed by atoms with Gasteiger partial charge in [0.1, 0.15) is 11.5 Å². The lowest BCUT2D eigenvalue weighted by Gasteiger charge is -2.29. The average Bonchev–Trinajstić information content (AvgIpc) is 2.48. The Morgan fingerprint density at radius 1 is 1.48 bits per heavy atom. The predicted molar refractivity (Wildman–Crippen MR) is 80.6 cm³/mol. The van der Waals surface area contributed by atoms with Gasteiger partial charge in [0.05, 0.1) is 16.0 Å². The molecule has 0 aliphatic carbocycles. The maximum atomic E-state index is 13.4. The van der Waals surface area contributed by atoms with Crippen LogP contribution in [0.5, 0.6) is 0 Å². The van der Waals surface area contributed by atoms with Gasteiger partial charge in [0.25, 0.3) is 5.69 Å². The maximum Gasteiger partial charge on any atom is 0.295 e. The number of rotatable bonds is 5. The van der Waals surface area contributed by atoms with Gasteiger partial charge in [-0.2, -0.15) is 0 Å². The first-order valence-electron chi connectivity index (χ1n) is 6.76. The molecule has 1 saturated heterocycles. The molecule has 0 amide bonds. The second-order valence-electron chi connectivity index (χ2n) is 5.03. The van der Waals surface area contributed by atoms with Gasteiger partial charge in [0, 0.05) is 46.3 Å². The molecular weight excluding hydrogens is 299 g/mol. The van der Waals surface area contributed by atoms with Crippen LogP contribution >= 0.6 is 11.6 Å². The summed E-state index contributed by atoms with van der Waals surface area (Å²) in [5.41, 5.74) is 0.0706. The number of nitrogens with one attached hydrogen (secondary N) is 1. The number of anilines is 1. The molecule has 0 aromatic heterocycles. The first kappa shape index (κ1) is 15.9. The molecule has 116 valence electrons. The molecular formula is C13H18ClFN4O2. The number of benzene rings is 1. The first-order valence-corrected chi connectivity index (χ1v) is 7.14. The highest BCUT2D eigenvalue weighted by atomic mass is 35.5. The van der Waals surface area contributed by atoms with Gasteiger partial charge in [-0.1, -0.05) is 11.6 Å². The molecule has 6 nitrogen and oxygen atoms in total. The van der Waals surface area contributed by atoms with Crippen molar-refractivity contribution in [2.75, 3.05) is 51.2 Å². The summed E-state index contributed by atoms with van der Waals surface area (Å²) >= 11 is 5.74. The van der Waals surface area contributed by atoms with Crippen LogP contribution in [0.4, 0.5) is 15.8 Å². The molecule has 8 heteroatoms. The van der Waals surface area contributed by atoms with E-state index in [4.69, 9.17) is 11.6 Å². The number of hydrogen-bond donors (Lipinski definition) is 1. The summed E-state index contributed by atoms with van der Waals surface area (Å²) in [6.45, 7) is 5.23. The molecule has 1 heterocycles. The molecule has 1 N–H and O–H groups in total. The fraction of sp³-hybridized carbons (Fsp3) is 0.538. The molecule has 0 spiro atoms. The summed E-state index contributed by atoms with van der Waals surface area (Å²) in [4.78, 5) is 14.5. The van der Waals surface area contributed by atoms with Gasteiger partial charge in [-0.3, -0.25) is 15.0 Å². The third-order valence-electron chi connectivity index (χ3n) is 3.59. The highest BCUT2D eigenvalue weighted by molar-refractivity contribution is 6.31. The van der Waals surface area contributed by atoms with Crippen LogP contribution in [-0.4, -0.2) is 56.1 Å². The lowest BCUT2D eigenvalue weighted by atomic mass is 10.2. The number of halogens is 2. The van der Waals surface area contributed by atoms with Gasteiger partial charge in [-0.15, -0.1) is 0 Å². The van der Waals surface area contributed by atoms with Crippen molar-refractivity contribution in [1.82, 2.24) is 10.2 Å². The Morgan fingerprint density at radius 2 is 2.14 bits per heavy atom. The Balaban J connectivity index is 2.08. The lowest BCUT2D eigenvalue weighted by molar-refractivity contribution is -0.384. The Morgan fingerprint density at radius 3 is 2.76 bits per heavy atom. The Bertz CT molecular complexity index is 523. The third-order valence-corrected chi connectivity index (χ3v) is 3.88. The smallest absolute Gasteiger partial charge is 0.295 e. The number of hydrogen-bond acceptors (Lipinski definition) is 5. The molecule has 1 aliphatic rings. The van der Waals surface area contributed by atoms with Crippen LogP contribution in [0.1, 0.15) is 0 Å².